The van der Waals surface area contributed by atoms with Crippen LogP contribution in [0.4, 0.5) is 4.79 Å². The predicted molar refractivity (Wildman–Crippen MR) is 96.4 cm³/mol. The maximum atomic E-state index is 12.9. The first kappa shape index (κ1) is 17.1. The van der Waals surface area contributed by atoms with Crippen molar-refractivity contribution < 1.29 is 14.0 Å². The van der Waals surface area contributed by atoms with Gasteiger partial charge in [0.2, 0.25) is 5.89 Å². The minimum atomic E-state index is -0.741. The second-order valence-electron chi connectivity index (χ2n) is 7.21. The van der Waals surface area contributed by atoms with Gasteiger partial charge in [0.1, 0.15) is 12.1 Å². The van der Waals surface area contributed by atoms with Gasteiger partial charge in [0.25, 0.3) is 5.91 Å². The molecule has 136 valence electrons. The third kappa shape index (κ3) is 2.98. The first-order valence-electron chi connectivity index (χ1n) is 8.82. The number of nitrogens with one attached hydrogen (secondary N) is 1. The van der Waals surface area contributed by atoms with Gasteiger partial charge in [-0.05, 0) is 55.9 Å². The van der Waals surface area contributed by atoms with E-state index < -0.39 is 5.54 Å². The Kier molecular flexibility index (Phi) is 4.23. The van der Waals surface area contributed by atoms with Crippen LogP contribution in [0.25, 0.3) is 11.3 Å². The Bertz CT molecular complexity index is 838. The molecule has 1 aliphatic heterocycles. The number of amides is 3. The van der Waals surface area contributed by atoms with Crippen molar-refractivity contribution in [2.24, 2.45) is 5.92 Å². The van der Waals surface area contributed by atoms with Crippen LogP contribution in [0.3, 0.4) is 0 Å². The lowest BCUT2D eigenvalue weighted by atomic mass is 9.77. The van der Waals surface area contributed by atoms with Gasteiger partial charge in [0.05, 0.1) is 6.20 Å². The quantitative estimate of drug-likeness (QED) is 0.825. The van der Waals surface area contributed by atoms with Crippen molar-refractivity contribution in [3.05, 3.63) is 41.4 Å². The summed E-state index contributed by atoms with van der Waals surface area (Å²) in [6.45, 7) is 2.21. The van der Waals surface area contributed by atoms with Crippen LogP contribution in [0.2, 0.25) is 5.02 Å². The number of benzene rings is 1. The SMILES string of the molecule is CC1CCC2(CC1)NC(=O)N(Cc1ncc(-c3ccc(Cl)cc3)o1)C2=O. The molecule has 0 radical (unpaired) electrons. The van der Waals surface area contributed by atoms with Crippen molar-refractivity contribution in [1.29, 1.82) is 0 Å². The van der Waals surface area contributed by atoms with Gasteiger partial charge in [-0.15, -0.1) is 0 Å². The molecule has 0 unspecified atom stereocenters. The van der Waals surface area contributed by atoms with Crippen LogP contribution in [0, 0.1) is 5.92 Å². The number of hydrogen-bond acceptors (Lipinski definition) is 4. The summed E-state index contributed by atoms with van der Waals surface area (Å²) < 4.78 is 5.73. The molecule has 1 aliphatic carbocycles. The van der Waals surface area contributed by atoms with Gasteiger partial charge in [-0.3, -0.25) is 9.69 Å². The topological polar surface area (TPSA) is 75.4 Å². The lowest BCUT2D eigenvalue weighted by Gasteiger charge is -2.33. The van der Waals surface area contributed by atoms with Gasteiger partial charge in [0, 0.05) is 10.6 Å². The van der Waals surface area contributed by atoms with Crippen LogP contribution in [0.5, 0.6) is 0 Å². The summed E-state index contributed by atoms with van der Waals surface area (Å²) in [6.07, 6.45) is 4.86. The molecule has 4 rings (SSSR count). The molecule has 2 aromatic rings. The fourth-order valence-corrected chi connectivity index (χ4v) is 3.81. The average molecular weight is 374 g/mol. The van der Waals surface area contributed by atoms with Gasteiger partial charge >= 0.3 is 6.03 Å². The zero-order chi connectivity index (χ0) is 18.3. The average Bonchev–Trinajstić information content (AvgIpc) is 3.18. The highest BCUT2D eigenvalue weighted by Gasteiger charge is 2.52. The van der Waals surface area contributed by atoms with E-state index in [2.05, 4.69) is 17.2 Å². The molecule has 3 amide bonds. The zero-order valence-electron chi connectivity index (χ0n) is 14.5. The number of carbonyl (C=O) groups excluding carboxylic acids is 2. The van der Waals surface area contributed by atoms with Gasteiger partial charge in [-0.1, -0.05) is 18.5 Å². The second-order valence-corrected chi connectivity index (χ2v) is 7.65. The Morgan fingerprint density at radius 3 is 2.65 bits per heavy atom. The maximum absolute atomic E-state index is 12.9. The summed E-state index contributed by atoms with van der Waals surface area (Å²) in [5.74, 6) is 1.33. The van der Waals surface area contributed by atoms with Crippen molar-refractivity contribution in [3.63, 3.8) is 0 Å². The molecule has 1 N–H and O–H groups in total. The summed E-state index contributed by atoms with van der Waals surface area (Å²) in [6, 6.07) is 6.84. The molecule has 1 spiro atoms. The normalized spacial score (nSPS) is 25.8. The number of hydrogen-bond donors (Lipinski definition) is 1. The lowest BCUT2D eigenvalue weighted by molar-refractivity contribution is -0.133. The Morgan fingerprint density at radius 1 is 1.27 bits per heavy atom. The Morgan fingerprint density at radius 2 is 1.96 bits per heavy atom. The fraction of sp³-hybridized carbons (Fsp3) is 0.421. The molecule has 1 saturated heterocycles. The maximum Gasteiger partial charge on any atom is 0.325 e. The molecule has 1 aromatic heterocycles. The third-order valence-corrected chi connectivity index (χ3v) is 5.60. The smallest absolute Gasteiger partial charge is 0.325 e. The van der Waals surface area contributed by atoms with E-state index in [1.807, 2.05) is 12.1 Å². The van der Waals surface area contributed by atoms with Crippen molar-refractivity contribution >= 4 is 23.5 Å². The van der Waals surface area contributed by atoms with Crippen LogP contribution >= 0.6 is 11.6 Å². The van der Waals surface area contributed by atoms with Crippen LogP contribution in [0.15, 0.2) is 34.9 Å². The van der Waals surface area contributed by atoms with E-state index in [1.54, 1.807) is 18.3 Å². The second kappa shape index (κ2) is 6.43. The van der Waals surface area contributed by atoms with Crippen molar-refractivity contribution in [1.82, 2.24) is 15.2 Å². The molecule has 0 atom stereocenters. The lowest BCUT2D eigenvalue weighted by Crippen LogP contribution is -2.49. The van der Waals surface area contributed by atoms with E-state index in [9.17, 15) is 9.59 Å². The number of imide groups is 1. The highest BCUT2D eigenvalue weighted by atomic mass is 35.5. The van der Waals surface area contributed by atoms with E-state index in [-0.39, 0.29) is 18.5 Å². The molecule has 1 aromatic carbocycles. The Balaban J connectivity index is 1.50. The van der Waals surface area contributed by atoms with E-state index in [4.69, 9.17) is 16.0 Å². The third-order valence-electron chi connectivity index (χ3n) is 5.35. The largest absolute Gasteiger partial charge is 0.439 e. The van der Waals surface area contributed by atoms with Gasteiger partial charge in [-0.25, -0.2) is 9.78 Å². The van der Waals surface area contributed by atoms with E-state index in [1.165, 1.54) is 4.90 Å². The number of nitrogens with zero attached hydrogens (tertiary/aromatic N) is 2. The molecule has 6 nitrogen and oxygen atoms in total. The van der Waals surface area contributed by atoms with Gasteiger partial charge in [-0.2, -0.15) is 0 Å². The standard InChI is InChI=1S/C19H20ClN3O3/c1-12-6-8-19(9-7-12)17(24)23(18(25)22-19)11-16-21-10-15(26-16)13-2-4-14(20)5-3-13/h2-5,10,12H,6-9,11H2,1H3,(H,22,25). The molecule has 2 aliphatic rings. The number of rotatable bonds is 3. The fourth-order valence-electron chi connectivity index (χ4n) is 3.68. The number of oxazole rings is 1. The summed E-state index contributed by atoms with van der Waals surface area (Å²) in [7, 11) is 0. The van der Waals surface area contributed by atoms with Gasteiger partial charge in [0.15, 0.2) is 5.76 Å². The number of halogens is 1. The molecule has 7 heteroatoms. The van der Waals surface area contributed by atoms with Gasteiger partial charge < -0.3 is 9.73 Å². The summed E-state index contributed by atoms with van der Waals surface area (Å²) in [5.41, 5.74) is 0.0953. The Labute approximate surface area is 156 Å². The molecule has 26 heavy (non-hydrogen) atoms. The van der Waals surface area contributed by atoms with Crippen molar-refractivity contribution in [2.45, 2.75) is 44.7 Å². The van der Waals surface area contributed by atoms with Crippen LogP contribution < -0.4 is 5.32 Å². The summed E-state index contributed by atoms with van der Waals surface area (Å²) in [4.78, 5) is 30.7. The number of aromatic nitrogens is 1. The number of carbonyl (C=O) groups is 2. The molecule has 2 fully saturated rings. The highest BCUT2D eigenvalue weighted by Crippen LogP contribution is 2.36. The summed E-state index contributed by atoms with van der Waals surface area (Å²) >= 11 is 5.89. The zero-order valence-corrected chi connectivity index (χ0v) is 15.3. The predicted octanol–water partition coefficient (Wildman–Crippen LogP) is 4.00. The minimum Gasteiger partial charge on any atom is -0.439 e. The molecule has 0 bridgehead atoms. The number of urea groups is 1. The summed E-state index contributed by atoms with van der Waals surface area (Å²) in [5, 5.41) is 3.55. The van der Waals surface area contributed by atoms with Crippen LogP contribution in [-0.2, 0) is 11.3 Å². The van der Waals surface area contributed by atoms with Crippen molar-refractivity contribution in [2.75, 3.05) is 0 Å². The minimum absolute atomic E-state index is 0.0373. The van der Waals surface area contributed by atoms with E-state index >= 15 is 0 Å². The first-order valence-corrected chi connectivity index (χ1v) is 9.19. The molecule has 2 heterocycles. The molecular formula is C19H20ClN3O3. The molecule has 1 saturated carbocycles. The first-order chi connectivity index (χ1) is 12.5. The van der Waals surface area contributed by atoms with Crippen LogP contribution in [0.1, 0.15) is 38.5 Å². The highest BCUT2D eigenvalue weighted by molar-refractivity contribution is 6.30. The van der Waals surface area contributed by atoms with E-state index in [0.717, 1.165) is 18.4 Å². The molecular weight excluding hydrogens is 354 g/mol. The monoisotopic (exact) mass is 373 g/mol. The van der Waals surface area contributed by atoms with E-state index in [0.29, 0.717) is 35.4 Å². The Hall–Kier alpha value is -2.34. The van der Waals surface area contributed by atoms with Crippen molar-refractivity contribution in [3.8, 4) is 11.3 Å². The van der Waals surface area contributed by atoms with Crippen LogP contribution in [-0.4, -0.2) is 27.4 Å².